The number of benzene rings is 1. The van der Waals surface area contributed by atoms with Crippen molar-refractivity contribution in [1.29, 1.82) is 0 Å². The number of aromatic nitrogens is 1. The largest absolute Gasteiger partial charge is 0.294 e. The van der Waals surface area contributed by atoms with Gasteiger partial charge in [-0.15, -0.1) is 0 Å². The van der Waals surface area contributed by atoms with Gasteiger partial charge in [0.25, 0.3) is 0 Å². The fourth-order valence-electron chi connectivity index (χ4n) is 1.97. The summed E-state index contributed by atoms with van der Waals surface area (Å²) < 4.78 is 0. The molecule has 94 valence electrons. The standard InChI is InChI=1S/C16H19NO/c1-16(2,3)10-9-15(18)13-6-4-8-14-12(13)7-5-11-17-14/h4-8,11H,9-10H2,1-3H3. The Morgan fingerprint density at radius 3 is 2.67 bits per heavy atom. The summed E-state index contributed by atoms with van der Waals surface area (Å²) in [6, 6.07) is 9.58. The monoisotopic (exact) mass is 241 g/mol. The summed E-state index contributed by atoms with van der Waals surface area (Å²) in [5, 5.41) is 0.957. The third kappa shape index (κ3) is 2.95. The highest BCUT2D eigenvalue weighted by Gasteiger charge is 2.15. The maximum Gasteiger partial charge on any atom is 0.163 e. The van der Waals surface area contributed by atoms with Gasteiger partial charge in [-0.3, -0.25) is 9.78 Å². The first-order chi connectivity index (χ1) is 8.47. The molecule has 0 saturated heterocycles. The molecule has 0 fully saturated rings. The minimum Gasteiger partial charge on any atom is -0.294 e. The Labute approximate surface area is 108 Å². The number of fused-ring (bicyclic) bond motifs is 1. The number of pyridine rings is 1. The fourth-order valence-corrected chi connectivity index (χ4v) is 1.97. The van der Waals surface area contributed by atoms with Crippen molar-refractivity contribution in [2.24, 2.45) is 5.41 Å². The predicted octanol–water partition coefficient (Wildman–Crippen LogP) is 4.24. The molecule has 2 aromatic rings. The van der Waals surface area contributed by atoms with E-state index in [1.54, 1.807) is 6.20 Å². The second-order valence-electron chi connectivity index (χ2n) is 5.86. The van der Waals surface area contributed by atoms with Crippen LogP contribution in [0.4, 0.5) is 0 Å². The van der Waals surface area contributed by atoms with Crippen molar-refractivity contribution in [3.63, 3.8) is 0 Å². The average Bonchev–Trinajstić information content (AvgIpc) is 2.34. The summed E-state index contributed by atoms with van der Waals surface area (Å²) in [5.41, 5.74) is 1.88. The number of nitrogens with zero attached hydrogens (tertiary/aromatic N) is 1. The third-order valence-corrected chi connectivity index (χ3v) is 3.05. The molecule has 2 heteroatoms. The van der Waals surface area contributed by atoms with Gasteiger partial charge in [0.15, 0.2) is 5.78 Å². The van der Waals surface area contributed by atoms with E-state index in [0.717, 1.165) is 22.9 Å². The van der Waals surface area contributed by atoms with Crippen molar-refractivity contribution < 1.29 is 4.79 Å². The van der Waals surface area contributed by atoms with Crippen molar-refractivity contribution in [3.05, 3.63) is 42.1 Å². The molecule has 1 aromatic carbocycles. The van der Waals surface area contributed by atoms with E-state index in [-0.39, 0.29) is 11.2 Å². The first kappa shape index (κ1) is 12.7. The van der Waals surface area contributed by atoms with Crippen LogP contribution in [0.25, 0.3) is 10.9 Å². The lowest BCUT2D eigenvalue weighted by molar-refractivity contribution is 0.0967. The Hall–Kier alpha value is -1.70. The van der Waals surface area contributed by atoms with Crippen molar-refractivity contribution >= 4 is 16.7 Å². The van der Waals surface area contributed by atoms with Crippen molar-refractivity contribution in [3.8, 4) is 0 Å². The van der Waals surface area contributed by atoms with Gasteiger partial charge in [0.1, 0.15) is 0 Å². The van der Waals surface area contributed by atoms with Gasteiger partial charge < -0.3 is 0 Å². The zero-order chi connectivity index (χ0) is 13.2. The van der Waals surface area contributed by atoms with E-state index in [2.05, 4.69) is 25.8 Å². The van der Waals surface area contributed by atoms with Crippen LogP contribution in [-0.2, 0) is 0 Å². The maximum atomic E-state index is 12.3. The molecule has 2 nitrogen and oxygen atoms in total. The van der Waals surface area contributed by atoms with Crippen LogP contribution in [0.3, 0.4) is 0 Å². The van der Waals surface area contributed by atoms with Crippen molar-refractivity contribution in [1.82, 2.24) is 4.98 Å². The number of carbonyl (C=O) groups is 1. The molecule has 0 amide bonds. The van der Waals surface area contributed by atoms with Crippen LogP contribution in [0.5, 0.6) is 0 Å². The molecule has 0 aliphatic heterocycles. The van der Waals surface area contributed by atoms with Gasteiger partial charge in [0, 0.05) is 23.6 Å². The van der Waals surface area contributed by atoms with E-state index < -0.39 is 0 Å². The van der Waals surface area contributed by atoms with E-state index >= 15 is 0 Å². The molecule has 18 heavy (non-hydrogen) atoms. The van der Waals surface area contributed by atoms with E-state index in [1.807, 2.05) is 30.3 Å². The highest BCUT2D eigenvalue weighted by atomic mass is 16.1. The summed E-state index contributed by atoms with van der Waals surface area (Å²) in [7, 11) is 0. The molecule has 0 atom stereocenters. The van der Waals surface area contributed by atoms with Gasteiger partial charge in [-0.1, -0.05) is 39.0 Å². The van der Waals surface area contributed by atoms with E-state index in [1.165, 1.54) is 0 Å². The number of hydrogen-bond donors (Lipinski definition) is 0. The highest BCUT2D eigenvalue weighted by molar-refractivity contribution is 6.07. The van der Waals surface area contributed by atoms with Gasteiger partial charge in [-0.2, -0.15) is 0 Å². The Balaban J connectivity index is 2.28. The topological polar surface area (TPSA) is 30.0 Å². The minimum absolute atomic E-state index is 0.193. The maximum absolute atomic E-state index is 12.3. The molecule has 0 unspecified atom stereocenters. The van der Waals surface area contributed by atoms with E-state index in [4.69, 9.17) is 0 Å². The Bertz CT molecular complexity index is 561. The van der Waals surface area contributed by atoms with Crippen LogP contribution < -0.4 is 0 Å². The van der Waals surface area contributed by atoms with Gasteiger partial charge in [-0.25, -0.2) is 0 Å². The lowest BCUT2D eigenvalue weighted by Gasteiger charge is -2.17. The zero-order valence-corrected chi connectivity index (χ0v) is 11.2. The van der Waals surface area contributed by atoms with E-state index in [9.17, 15) is 4.79 Å². The first-order valence-corrected chi connectivity index (χ1v) is 6.34. The molecule has 0 bridgehead atoms. The minimum atomic E-state index is 0.193. The predicted molar refractivity (Wildman–Crippen MR) is 74.8 cm³/mol. The van der Waals surface area contributed by atoms with Crippen molar-refractivity contribution in [2.75, 3.05) is 0 Å². The summed E-state index contributed by atoms with van der Waals surface area (Å²) in [4.78, 5) is 16.6. The lowest BCUT2D eigenvalue weighted by Crippen LogP contribution is -2.09. The number of rotatable bonds is 3. The van der Waals surface area contributed by atoms with Crippen LogP contribution in [0.15, 0.2) is 36.5 Å². The number of hydrogen-bond acceptors (Lipinski definition) is 2. The molecule has 1 heterocycles. The average molecular weight is 241 g/mol. The molecule has 0 N–H and O–H groups in total. The molecule has 1 aromatic heterocycles. The Morgan fingerprint density at radius 2 is 1.94 bits per heavy atom. The van der Waals surface area contributed by atoms with Gasteiger partial charge >= 0.3 is 0 Å². The smallest absolute Gasteiger partial charge is 0.163 e. The quantitative estimate of drug-likeness (QED) is 0.752. The summed E-state index contributed by atoms with van der Waals surface area (Å²) in [6.07, 6.45) is 3.26. The molecule has 2 rings (SSSR count). The fraction of sp³-hybridized carbons (Fsp3) is 0.375. The molecule has 0 spiro atoms. The highest BCUT2D eigenvalue weighted by Crippen LogP contribution is 2.24. The molecule has 0 saturated carbocycles. The SMILES string of the molecule is CC(C)(C)CCC(=O)c1cccc2ncccc12. The molecule has 0 radical (unpaired) electrons. The van der Waals surface area contributed by atoms with Gasteiger partial charge in [0.05, 0.1) is 5.52 Å². The van der Waals surface area contributed by atoms with Crippen molar-refractivity contribution in [2.45, 2.75) is 33.6 Å². The molecule has 0 aliphatic rings. The second kappa shape index (κ2) is 4.89. The normalized spacial score (nSPS) is 11.7. The van der Waals surface area contributed by atoms with Crippen LogP contribution in [0.2, 0.25) is 0 Å². The number of carbonyl (C=O) groups excluding carboxylic acids is 1. The Kier molecular flexibility index (Phi) is 3.46. The molecular weight excluding hydrogens is 222 g/mol. The van der Waals surface area contributed by atoms with Crippen LogP contribution in [-0.4, -0.2) is 10.8 Å². The van der Waals surface area contributed by atoms with Crippen LogP contribution in [0.1, 0.15) is 44.0 Å². The number of Topliss-reactive ketones (excluding diaryl/α,β-unsaturated/α-hetero) is 1. The Morgan fingerprint density at radius 1 is 1.17 bits per heavy atom. The number of ketones is 1. The third-order valence-electron chi connectivity index (χ3n) is 3.05. The zero-order valence-electron chi connectivity index (χ0n) is 11.2. The van der Waals surface area contributed by atoms with Gasteiger partial charge in [0.2, 0.25) is 0 Å². The summed E-state index contributed by atoms with van der Waals surface area (Å²) in [6.45, 7) is 6.47. The van der Waals surface area contributed by atoms with E-state index in [0.29, 0.717) is 6.42 Å². The molecular formula is C16H19NO. The first-order valence-electron chi connectivity index (χ1n) is 6.34. The summed E-state index contributed by atoms with van der Waals surface area (Å²) >= 11 is 0. The van der Waals surface area contributed by atoms with Gasteiger partial charge in [-0.05, 0) is 24.0 Å². The van der Waals surface area contributed by atoms with Crippen LogP contribution in [0, 0.1) is 5.41 Å². The lowest BCUT2D eigenvalue weighted by atomic mass is 9.88. The molecule has 0 aliphatic carbocycles. The van der Waals surface area contributed by atoms with Crippen LogP contribution >= 0.6 is 0 Å². The summed E-state index contributed by atoms with van der Waals surface area (Å²) in [5.74, 6) is 0.212. The second-order valence-corrected chi connectivity index (χ2v) is 5.86.